The number of para-hydroxylation sites is 3. The summed E-state index contributed by atoms with van der Waals surface area (Å²) in [6, 6.07) is 15.9. The van der Waals surface area contributed by atoms with Crippen molar-refractivity contribution in [3.63, 3.8) is 0 Å². The predicted octanol–water partition coefficient (Wildman–Crippen LogP) is 4.81. The highest BCUT2D eigenvalue weighted by Gasteiger charge is 2.25. The van der Waals surface area contributed by atoms with Crippen molar-refractivity contribution < 1.29 is 4.79 Å². The second kappa shape index (κ2) is 9.57. The molecule has 0 bridgehead atoms. The molecular weight excluding hydrogens is 456 g/mol. The summed E-state index contributed by atoms with van der Waals surface area (Å²) < 4.78 is 4.00. The monoisotopic (exact) mass is 480 g/mol. The Labute approximate surface area is 201 Å². The Morgan fingerprint density at radius 1 is 1.12 bits per heavy atom. The molecule has 5 rings (SSSR count). The highest BCUT2D eigenvalue weighted by molar-refractivity contribution is 7.99. The Morgan fingerprint density at radius 3 is 2.79 bits per heavy atom. The van der Waals surface area contributed by atoms with Crippen LogP contribution in [0.25, 0.3) is 16.7 Å². The second-order valence-electron chi connectivity index (χ2n) is 8.27. The zero-order chi connectivity index (χ0) is 22.8. The molecule has 1 unspecified atom stereocenters. The molecule has 170 valence electrons. The first kappa shape index (κ1) is 22.0. The maximum atomic E-state index is 12.9. The molecule has 7 nitrogen and oxygen atoms in total. The zero-order valence-corrected chi connectivity index (χ0v) is 20.0. The van der Waals surface area contributed by atoms with Gasteiger partial charge in [-0.1, -0.05) is 47.6 Å². The van der Waals surface area contributed by atoms with Crippen LogP contribution in [0.2, 0.25) is 5.02 Å². The number of halogens is 1. The minimum absolute atomic E-state index is 0.142. The predicted molar refractivity (Wildman–Crippen MR) is 131 cm³/mol. The van der Waals surface area contributed by atoms with Crippen LogP contribution in [0.4, 0.5) is 0 Å². The minimum Gasteiger partial charge on any atom is -0.339 e. The SMILES string of the molecule is CC1CCCCN1C(=O)CSc1nnc(Cn2cnc3ccccc32)n1-c1ccccc1Cl. The molecular formula is C24H25ClN6OS. The van der Waals surface area contributed by atoms with Crippen molar-refractivity contribution in [1.82, 2.24) is 29.2 Å². The molecule has 3 heterocycles. The molecule has 0 radical (unpaired) electrons. The number of hydrogen-bond donors (Lipinski definition) is 0. The van der Waals surface area contributed by atoms with E-state index in [1.54, 1.807) is 0 Å². The molecule has 0 spiro atoms. The van der Waals surface area contributed by atoms with Gasteiger partial charge in [-0.05, 0) is 50.5 Å². The van der Waals surface area contributed by atoms with Gasteiger partial charge < -0.3 is 9.47 Å². The number of thioether (sulfide) groups is 1. The normalized spacial score (nSPS) is 16.4. The molecule has 0 aliphatic carbocycles. The maximum Gasteiger partial charge on any atom is 0.233 e. The van der Waals surface area contributed by atoms with Gasteiger partial charge in [0, 0.05) is 12.6 Å². The van der Waals surface area contributed by atoms with E-state index in [2.05, 4.69) is 22.1 Å². The van der Waals surface area contributed by atoms with Crippen molar-refractivity contribution >= 4 is 40.3 Å². The molecule has 1 amide bonds. The van der Waals surface area contributed by atoms with Gasteiger partial charge in [0.2, 0.25) is 5.91 Å². The molecule has 33 heavy (non-hydrogen) atoms. The quantitative estimate of drug-likeness (QED) is 0.370. The van der Waals surface area contributed by atoms with E-state index in [0.717, 1.165) is 41.9 Å². The van der Waals surface area contributed by atoms with Crippen LogP contribution < -0.4 is 0 Å². The van der Waals surface area contributed by atoms with Crippen LogP contribution in [0.5, 0.6) is 0 Å². The van der Waals surface area contributed by atoms with Crippen LogP contribution in [0, 0.1) is 0 Å². The van der Waals surface area contributed by atoms with E-state index in [9.17, 15) is 4.79 Å². The lowest BCUT2D eigenvalue weighted by atomic mass is 10.0. The van der Waals surface area contributed by atoms with Gasteiger partial charge in [0.25, 0.3) is 0 Å². The first-order valence-electron chi connectivity index (χ1n) is 11.1. The number of imidazole rings is 1. The van der Waals surface area contributed by atoms with E-state index in [1.807, 2.05) is 68.9 Å². The standard InChI is InChI=1S/C24H25ClN6OS/c1-17-8-6-7-13-30(17)23(32)15-33-24-28-27-22(31(24)20-11-4-2-9-18(20)25)14-29-16-26-19-10-3-5-12-21(19)29/h2-5,9-12,16-17H,6-8,13-15H2,1H3. The van der Waals surface area contributed by atoms with Gasteiger partial charge in [-0.15, -0.1) is 10.2 Å². The van der Waals surface area contributed by atoms with E-state index in [0.29, 0.717) is 28.5 Å². The number of aromatic nitrogens is 5. The van der Waals surface area contributed by atoms with Crippen LogP contribution in [0.1, 0.15) is 32.0 Å². The summed E-state index contributed by atoms with van der Waals surface area (Å²) in [5, 5.41) is 10.2. The molecule has 4 aromatic rings. The molecule has 2 aromatic heterocycles. The molecule has 1 fully saturated rings. The lowest BCUT2D eigenvalue weighted by Gasteiger charge is -2.33. The summed E-state index contributed by atoms with van der Waals surface area (Å²) in [5.41, 5.74) is 2.75. The number of piperidine rings is 1. The van der Waals surface area contributed by atoms with Crippen LogP contribution in [-0.4, -0.2) is 53.5 Å². The summed E-state index contributed by atoms with van der Waals surface area (Å²) in [7, 11) is 0. The average Bonchev–Trinajstić information content (AvgIpc) is 3.42. The van der Waals surface area contributed by atoms with Crippen molar-refractivity contribution in [2.45, 2.75) is 43.9 Å². The summed E-state index contributed by atoms with van der Waals surface area (Å²) in [6.45, 7) is 3.44. The van der Waals surface area contributed by atoms with Gasteiger partial charge in [-0.2, -0.15) is 0 Å². The molecule has 2 aromatic carbocycles. The highest BCUT2D eigenvalue weighted by atomic mass is 35.5. The fraction of sp³-hybridized carbons (Fsp3) is 0.333. The van der Waals surface area contributed by atoms with Crippen LogP contribution in [0.3, 0.4) is 0 Å². The number of nitrogens with zero attached hydrogens (tertiary/aromatic N) is 6. The number of carbonyl (C=O) groups is 1. The molecule has 1 atom stereocenters. The Morgan fingerprint density at radius 2 is 1.94 bits per heavy atom. The van der Waals surface area contributed by atoms with Gasteiger partial charge in [0.1, 0.15) is 0 Å². The van der Waals surface area contributed by atoms with E-state index >= 15 is 0 Å². The van der Waals surface area contributed by atoms with Gasteiger partial charge in [0.05, 0.1) is 40.4 Å². The molecule has 1 aliphatic rings. The third-order valence-electron chi connectivity index (χ3n) is 6.08. The van der Waals surface area contributed by atoms with E-state index in [4.69, 9.17) is 11.6 Å². The lowest BCUT2D eigenvalue weighted by Crippen LogP contribution is -2.43. The largest absolute Gasteiger partial charge is 0.339 e. The number of likely N-dealkylation sites (tertiary alicyclic amines) is 1. The van der Waals surface area contributed by atoms with Gasteiger partial charge in [-0.3, -0.25) is 9.36 Å². The molecule has 0 saturated carbocycles. The number of benzene rings is 2. The van der Waals surface area contributed by atoms with Crippen molar-refractivity contribution in [2.24, 2.45) is 0 Å². The van der Waals surface area contributed by atoms with Crippen LogP contribution in [-0.2, 0) is 11.3 Å². The number of carbonyl (C=O) groups excluding carboxylic acids is 1. The molecule has 1 aliphatic heterocycles. The maximum absolute atomic E-state index is 12.9. The van der Waals surface area contributed by atoms with E-state index < -0.39 is 0 Å². The molecule has 9 heteroatoms. The third kappa shape index (κ3) is 4.50. The zero-order valence-electron chi connectivity index (χ0n) is 18.4. The van der Waals surface area contributed by atoms with Crippen molar-refractivity contribution in [3.8, 4) is 5.69 Å². The number of rotatable bonds is 6. The lowest BCUT2D eigenvalue weighted by molar-refractivity contribution is -0.131. The van der Waals surface area contributed by atoms with Gasteiger partial charge >= 0.3 is 0 Å². The van der Waals surface area contributed by atoms with Crippen molar-refractivity contribution in [3.05, 3.63) is 65.7 Å². The number of fused-ring (bicyclic) bond motifs is 1. The Bertz CT molecular complexity index is 1280. The van der Waals surface area contributed by atoms with Crippen LogP contribution in [0.15, 0.2) is 60.0 Å². The summed E-state index contributed by atoms with van der Waals surface area (Å²) in [6.07, 6.45) is 5.13. The average molecular weight is 481 g/mol. The first-order chi connectivity index (χ1) is 16.1. The molecule has 1 saturated heterocycles. The Hall–Kier alpha value is -2.84. The summed E-state index contributed by atoms with van der Waals surface area (Å²) in [4.78, 5) is 19.4. The number of hydrogen-bond acceptors (Lipinski definition) is 5. The molecule has 0 N–H and O–H groups in total. The first-order valence-corrected chi connectivity index (χ1v) is 12.5. The highest BCUT2D eigenvalue weighted by Crippen LogP contribution is 2.28. The Kier molecular flexibility index (Phi) is 6.37. The van der Waals surface area contributed by atoms with E-state index in [1.165, 1.54) is 18.2 Å². The summed E-state index contributed by atoms with van der Waals surface area (Å²) in [5.74, 6) is 1.19. The smallest absolute Gasteiger partial charge is 0.233 e. The van der Waals surface area contributed by atoms with Gasteiger partial charge in [-0.25, -0.2) is 4.98 Å². The van der Waals surface area contributed by atoms with Crippen molar-refractivity contribution in [1.29, 1.82) is 0 Å². The number of amides is 1. The van der Waals surface area contributed by atoms with Crippen molar-refractivity contribution in [2.75, 3.05) is 12.3 Å². The fourth-order valence-corrected chi connectivity index (χ4v) is 5.41. The Balaban J connectivity index is 1.45. The van der Waals surface area contributed by atoms with Gasteiger partial charge in [0.15, 0.2) is 11.0 Å². The minimum atomic E-state index is 0.142. The summed E-state index contributed by atoms with van der Waals surface area (Å²) >= 11 is 7.97. The second-order valence-corrected chi connectivity index (χ2v) is 9.62. The van der Waals surface area contributed by atoms with Crippen LogP contribution >= 0.6 is 23.4 Å². The third-order valence-corrected chi connectivity index (χ3v) is 7.31. The van der Waals surface area contributed by atoms with E-state index in [-0.39, 0.29) is 5.91 Å². The topological polar surface area (TPSA) is 68.8 Å². The fourth-order valence-electron chi connectivity index (χ4n) is 4.34.